The standard InChI is InChI=1S/C20H27ClN2O5/c1-19(2,3)27-17(25)23(18(26)28-20(4,5)6)16-15(21)10-13(11-22-16)12-7-8-14(24)9-12/h10-12H,7-9H2,1-6H3. The van der Waals surface area contributed by atoms with Crippen molar-refractivity contribution in [3.8, 4) is 0 Å². The highest BCUT2D eigenvalue weighted by Crippen LogP contribution is 2.35. The largest absolute Gasteiger partial charge is 0.443 e. The van der Waals surface area contributed by atoms with Gasteiger partial charge < -0.3 is 9.47 Å². The monoisotopic (exact) mass is 410 g/mol. The van der Waals surface area contributed by atoms with Crippen molar-refractivity contribution in [1.82, 2.24) is 4.98 Å². The smallest absolute Gasteiger partial charge is 0.425 e. The Morgan fingerprint density at radius 2 is 1.64 bits per heavy atom. The van der Waals surface area contributed by atoms with Crippen molar-refractivity contribution in [2.24, 2.45) is 0 Å². The van der Waals surface area contributed by atoms with Crippen molar-refractivity contribution < 1.29 is 23.9 Å². The topological polar surface area (TPSA) is 85.8 Å². The maximum Gasteiger partial charge on any atom is 0.425 e. The lowest BCUT2D eigenvalue weighted by molar-refractivity contribution is -0.117. The zero-order chi connectivity index (χ0) is 21.3. The molecule has 1 aromatic rings. The van der Waals surface area contributed by atoms with E-state index in [9.17, 15) is 14.4 Å². The number of amides is 2. The highest BCUT2D eigenvalue weighted by molar-refractivity contribution is 6.34. The molecule has 0 aliphatic heterocycles. The highest BCUT2D eigenvalue weighted by Gasteiger charge is 2.35. The molecule has 0 bridgehead atoms. The summed E-state index contributed by atoms with van der Waals surface area (Å²) in [6.45, 7) is 10.1. The zero-order valence-electron chi connectivity index (χ0n) is 17.2. The number of hydrogen-bond donors (Lipinski definition) is 0. The second-order valence-electron chi connectivity index (χ2n) is 8.85. The van der Waals surface area contributed by atoms with E-state index in [4.69, 9.17) is 21.1 Å². The molecular weight excluding hydrogens is 384 g/mol. The van der Waals surface area contributed by atoms with Gasteiger partial charge in [0.25, 0.3) is 0 Å². The number of ketones is 1. The minimum Gasteiger partial charge on any atom is -0.443 e. The summed E-state index contributed by atoms with van der Waals surface area (Å²) in [5.74, 6) is 0.177. The van der Waals surface area contributed by atoms with E-state index in [1.54, 1.807) is 47.6 Å². The van der Waals surface area contributed by atoms with E-state index < -0.39 is 23.4 Å². The van der Waals surface area contributed by atoms with Gasteiger partial charge in [-0.2, -0.15) is 4.90 Å². The van der Waals surface area contributed by atoms with Crippen LogP contribution in [0.3, 0.4) is 0 Å². The number of carbonyl (C=O) groups is 3. The molecule has 0 saturated heterocycles. The first-order valence-corrected chi connectivity index (χ1v) is 9.58. The molecular formula is C20H27ClN2O5. The first-order valence-electron chi connectivity index (χ1n) is 9.20. The third-order valence-electron chi connectivity index (χ3n) is 3.92. The Hall–Kier alpha value is -2.15. The van der Waals surface area contributed by atoms with Gasteiger partial charge in [-0.25, -0.2) is 14.6 Å². The van der Waals surface area contributed by atoms with Crippen LogP contribution in [0.5, 0.6) is 0 Å². The van der Waals surface area contributed by atoms with Crippen molar-refractivity contribution in [1.29, 1.82) is 0 Å². The lowest BCUT2D eigenvalue weighted by Crippen LogP contribution is -2.44. The Morgan fingerprint density at radius 3 is 2.04 bits per heavy atom. The summed E-state index contributed by atoms with van der Waals surface area (Å²) in [7, 11) is 0. The van der Waals surface area contributed by atoms with E-state index in [1.807, 2.05) is 0 Å². The van der Waals surface area contributed by atoms with Crippen molar-refractivity contribution >= 4 is 35.4 Å². The molecule has 0 aromatic carbocycles. The molecule has 1 aliphatic carbocycles. The summed E-state index contributed by atoms with van der Waals surface area (Å²) in [5, 5.41) is 0.105. The molecule has 2 rings (SSSR count). The molecule has 1 atom stereocenters. The fourth-order valence-corrected chi connectivity index (χ4v) is 3.05. The number of anilines is 1. The van der Waals surface area contributed by atoms with Gasteiger partial charge >= 0.3 is 12.2 Å². The van der Waals surface area contributed by atoms with Gasteiger partial charge in [-0.1, -0.05) is 11.6 Å². The average molecular weight is 411 g/mol. The number of imide groups is 1. The van der Waals surface area contributed by atoms with E-state index in [0.717, 1.165) is 12.0 Å². The Kier molecular flexibility index (Phi) is 6.38. The number of aromatic nitrogens is 1. The third kappa shape index (κ3) is 5.92. The Labute approximate surface area is 170 Å². The SMILES string of the molecule is CC(C)(C)OC(=O)N(C(=O)OC(C)(C)C)c1ncc(C2CCC(=O)C2)cc1Cl. The van der Waals surface area contributed by atoms with Gasteiger partial charge in [-0.05, 0) is 65.5 Å². The van der Waals surface area contributed by atoms with E-state index in [1.165, 1.54) is 6.20 Å². The van der Waals surface area contributed by atoms with Gasteiger partial charge in [0, 0.05) is 19.0 Å². The summed E-state index contributed by atoms with van der Waals surface area (Å²) in [6, 6.07) is 1.63. The van der Waals surface area contributed by atoms with Crippen LogP contribution in [-0.2, 0) is 14.3 Å². The number of Topliss-reactive ketones (excluding diaryl/α,β-unsaturated/α-hetero) is 1. The molecule has 1 aromatic heterocycles. The molecule has 154 valence electrons. The Balaban J connectivity index is 2.37. The van der Waals surface area contributed by atoms with Gasteiger partial charge in [-0.15, -0.1) is 0 Å². The Bertz CT molecular complexity index is 752. The quantitative estimate of drug-likeness (QED) is 0.661. The highest BCUT2D eigenvalue weighted by atomic mass is 35.5. The van der Waals surface area contributed by atoms with E-state index in [-0.39, 0.29) is 22.5 Å². The fraction of sp³-hybridized carbons (Fsp3) is 0.600. The van der Waals surface area contributed by atoms with Crippen LogP contribution in [0.15, 0.2) is 12.3 Å². The minimum atomic E-state index is -0.931. The number of nitrogens with zero attached hydrogens (tertiary/aromatic N) is 2. The summed E-state index contributed by atoms with van der Waals surface area (Å²) >= 11 is 6.36. The van der Waals surface area contributed by atoms with Crippen LogP contribution in [0.4, 0.5) is 15.4 Å². The van der Waals surface area contributed by atoms with Crippen LogP contribution < -0.4 is 4.90 Å². The lowest BCUT2D eigenvalue weighted by atomic mass is 9.99. The fourth-order valence-electron chi connectivity index (χ4n) is 2.79. The van der Waals surface area contributed by atoms with Gasteiger partial charge in [0.2, 0.25) is 0 Å². The molecule has 1 heterocycles. The molecule has 0 radical (unpaired) electrons. The molecule has 7 nitrogen and oxygen atoms in total. The number of pyridine rings is 1. The van der Waals surface area contributed by atoms with Crippen molar-refractivity contribution in [2.45, 2.75) is 77.9 Å². The number of hydrogen-bond acceptors (Lipinski definition) is 6. The van der Waals surface area contributed by atoms with Crippen LogP contribution in [0.1, 0.15) is 72.3 Å². The summed E-state index contributed by atoms with van der Waals surface area (Å²) in [6.07, 6.45) is 1.38. The van der Waals surface area contributed by atoms with Crippen molar-refractivity contribution in [2.75, 3.05) is 4.90 Å². The predicted molar refractivity (Wildman–Crippen MR) is 106 cm³/mol. The van der Waals surface area contributed by atoms with Gasteiger partial charge in [0.05, 0.1) is 5.02 Å². The van der Waals surface area contributed by atoms with Gasteiger partial charge in [0.15, 0.2) is 5.82 Å². The molecule has 8 heteroatoms. The summed E-state index contributed by atoms with van der Waals surface area (Å²) < 4.78 is 10.7. The molecule has 0 N–H and O–H groups in total. The normalized spacial score (nSPS) is 17.4. The van der Waals surface area contributed by atoms with Crippen LogP contribution >= 0.6 is 11.6 Å². The van der Waals surface area contributed by atoms with Crippen LogP contribution in [-0.4, -0.2) is 34.2 Å². The number of carbonyl (C=O) groups excluding carboxylic acids is 3. The second-order valence-corrected chi connectivity index (χ2v) is 9.26. The lowest BCUT2D eigenvalue weighted by Gasteiger charge is -2.28. The van der Waals surface area contributed by atoms with E-state index in [0.29, 0.717) is 17.7 Å². The van der Waals surface area contributed by atoms with Crippen molar-refractivity contribution in [3.63, 3.8) is 0 Å². The molecule has 1 fully saturated rings. The minimum absolute atomic E-state index is 0.0445. The number of ether oxygens (including phenoxy) is 2. The first kappa shape index (κ1) is 22.1. The predicted octanol–water partition coefficient (Wildman–Crippen LogP) is 5.25. The molecule has 1 unspecified atom stereocenters. The number of rotatable bonds is 2. The summed E-state index contributed by atoms with van der Waals surface area (Å²) in [5.41, 5.74) is -0.852. The molecule has 2 amide bonds. The number of halogens is 1. The van der Waals surface area contributed by atoms with Crippen molar-refractivity contribution in [3.05, 3.63) is 22.8 Å². The summed E-state index contributed by atoms with van der Waals surface area (Å²) in [4.78, 5) is 41.8. The maximum atomic E-state index is 12.7. The molecule has 1 saturated carbocycles. The first-order chi connectivity index (χ1) is 12.8. The van der Waals surface area contributed by atoms with E-state index in [2.05, 4.69) is 4.98 Å². The van der Waals surface area contributed by atoms with Crippen LogP contribution in [0, 0.1) is 0 Å². The second kappa shape index (κ2) is 8.07. The van der Waals surface area contributed by atoms with Gasteiger partial charge in [0.1, 0.15) is 17.0 Å². The molecule has 0 spiro atoms. The molecule has 1 aliphatic rings. The zero-order valence-corrected chi connectivity index (χ0v) is 17.9. The Morgan fingerprint density at radius 1 is 1.11 bits per heavy atom. The average Bonchev–Trinajstić information content (AvgIpc) is 2.92. The van der Waals surface area contributed by atoms with Crippen LogP contribution in [0.2, 0.25) is 5.02 Å². The molecule has 28 heavy (non-hydrogen) atoms. The maximum absolute atomic E-state index is 12.7. The van der Waals surface area contributed by atoms with E-state index >= 15 is 0 Å². The third-order valence-corrected chi connectivity index (χ3v) is 4.20. The van der Waals surface area contributed by atoms with Gasteiger partial charge in [-0.3, -0.25) is 4.79 Å². The van der Waals surface area contributed by atoms with Crippen LogP contribution in [0.25, 0.3) is 0 Å².